The third-order valence-corrected chi connectivity index (χ3v) is 9.61. The van der Waals surface area contributed by atoms with Gasteiger partial charge in [0.15, 0.2) is 11.5 Å². The Kier molecular flexibility index (Phi) is 6.24. The molecule has 210 valence electrons. The summed E-state index contributed by atoms with van der Waals surface area (Å²) < 4.78 is 21.5. The Bertz CT molecular complexity index is 1590. The molecule has 2 N–H and O–H groups in total. The Hall–Kier alpha value is -3.56. The summed E-state index contributed by atoms with van der Waals surface area (Å²) in [6.45, 7) is 5.37. The number of aromatic amines is 1. The number of aromatic nitrogens is 6. The molecule has 0 amide bonds. The maximum Gasteiger partial charge on any atom is 0.439 e. The van der Waals surface area contributed by atoms with E-state index in [1.807, 2.05) is 6.07 Å². The maximum absolute atomic E-state index is 14.4. The molecule has 0 saturated heterocycles. The summed E-state index contributed by atoms with van der Waals surface area (Å²) in [5.41, 5.74) is 2.02. The maximum atomic E-state index is 14.4. The Morgan fingerprint density at radius 2 is 1.95 bits per heavy atom. The molecule has 0 unspecified atom stereocenters. The minimum atomic E-state index is -0.656. The van der Waals surface area contributed by atoms with Crippen molar-refractivity contribution < 1.29 is 8.91 Å². The van der Waals surface area contributed by atoms with Crippen LogP contribution in [0.2, 0.25) is 0 Å². The summed E-state index contributed by atoms with van der Waals surface area (Å²) in [4.78, 5) is 29.2. The Morgan fingerprint density at radius 3 is 2.60 bits per heavy atom. The van der Waals surface area contributed by atoms with Crippen LogP contribution in [0.5, 0.6) is 0 Å². The fourth-order valence-corrected chi connectivity index (χ4v) is 6.71. The second-order valence-electron chi connectivity index (χ2n) is 12.4. The van der Waals surface area contributed by atoms with E-state index in [1.165, 1.54) is 51.0 Å². The van der Waals surface area contributed by atoms with Gasteiger partial charge in [-0.3, -0.25) is 9.51 Å². The van der Waals surface area contributed by atoms with Crippen molar-refractivity contribution in [2.45, 2.75) is 89.6 Å². The highest BCUT2D eigenvalue weighted by atomic mass is 19.1. The summed E-state index contributed by atoms with van der Waals surface area (Å²) >= 11 is 0. The van der Waals surface area contributed by atoms with E-state index in [4.69, 9.17) is 19.5 Å². The molecule has 4 aromatic rings. The lowest BCUT2D eigenvalue weighted by Gasteiger charge is -2.32. The van der Waals surface area contributed by atoms with E-state index in [9.17, 15) is 9.18 Å². The van der Waals surface area contributed by atoms with Crippen molar-refractivity contribution in [3.05, 3.63) is 52.0 Å². The van der Waals surface area contributed by atoms with Crippen molar-refractivity contribution in [3.63, 3.8) is 0 Å². The number of halogens is 1. The molecule has 0 spiro atoms. The average molecular weight is 546 g/mol. The van der Waals surface area contributed by atoms with Crippen molar-refractivity contribution in [1.82, 2.24) is 29.7 Å². The number of fused-ring (bicyclic) bond motifs is 1. The topological polar surface area (TPSA) is 115 Å². The summed E-state index contributed by atoms with van der Waals surface area (Å²) in [6, 6.07) is 7.15. The number of imidazole rings is 1. The summed E-state index contributed by atoms with van der Waals surface area (Å²) in [5.74, 6) is 3.03. The molecule has 3 aromatic heterocycles. The van der Waals surface area contributed by atoms with Crippen LogP contribution in [0.3, 0.4) is 0 Å². The second kappa shape index (κ2) is 9.82. The third kappa shape index (κ3) is 4.51. The van der Waals surface area contributed by atoms with Crippen LogP contribution in [-0.4, -0.2) is 35.7 Å². The van der Waals surface area contributed by atoms with Gasteiger partial charge in [-0.1, -0.05) is 43.5 Å². The van der Waals surface area contributed by atoms with Crippen LogP contribution in [0.25, 0.3) is 22.8 Å². The molecule has 0 bridgehead atoms. The minimum Gasteiger partial charge on any atom is -0.365 e. The van der Waals surface area contributed by atoms with Crippen LogP contribution in [0, 0.1) is 23.6 Å². The Balaban J connectivity index is 1.40. The van der Waals surface area contributed by atoms with E-state index >= 15 is 0 Å². The normalized spacial score (nSPS) is 23.2. The number of anilines is 1. The van der Waals surface area contributed by atoms with Gasteiger partial charge in [0.25, 0.3) is 0 Å². The smallest absolute Gasteiger partial charge is 0.365 e. The monoisotopic (exact) mass is 545 g/mol. The first-order chi connectivity index (χ1) is 19.4. The van der Waals surface area contributed by atoms with Gasteiger partial charge < -0.3 is 9.88 Å². The van der Waals surface area contributed by atoms with Gasteiger partial charge in [-0.2, -0.15) is 0 Å². The molecule has 0 radical (unpaired) electrons. The van der Waals surface area contributed by atoms with Crippen molar-refractivity contribution in [3.8, 4) is 11.6 Å². The zero-order valence-corrected chi connectivity index (χ0v) is 23.1. The molecule has 3 saturated carbocycles. The first kappa shape index (κ1) is 25.4. The van der Waals surface area contributed by atoms with Crippen molar-refractivity contribution in [2.24, 2.45) is 17.8 Å². The fourth-order valence-electron chi connectivity index (χ4n) is 6.71. The van der Waals surface area contributed by atoms with E-state index in [0.29, 0.717) is 23.3 Å². The zero-order chi connectivity index (χ0) is 27.4. The molecule has 9 nitrogen and oxygen atoms in total. The third-order valence-electron chi connectivity index (χ3n) is 9.61. The number of nitrogens with one attached hydrogen (secondary N) is 2. The van der Waals surface area contributed by atoms with Gasteiger partial charge in [0.05, 0.1) is 5.41 Å². The number of hydrogen-bond acceptors (Lipinski definition) is 7. The number of benzene rings is 1. The molecular formula is C30H36FN7O2. The Morgan fingerprint density at radius 1 is 1.15 bits per heavy atom. The van der Waals surface area contributed by atoms with Crippen molar-refractivity contribution in [2.75, 3.05) is 5.32 Å². The predicted octanol–water partition coefficient (Wildman–Crippen LogP) is 5.82. The molecule has 7 rings (SSSR count). The minimum absolute atomic E-state index is 0.176. The molecular weight excluding hydrogens is 509 g/mol. The van der Waals surface area contributed by atoms with Gasteiger partial charge in [-0.05, 0) is 80.9 Å². The SMILES string of the molecule is CC1CCC(Cn2c(C3(c4cccc(F)c4)CC3)nc3nc(-c4noc(=O)[nH]4)nc(N[C@H](C)C4CCC4)c32)CC1. The van der Waals surface area contributed by atoms with E-state index in [-0.39, 0.29) is 28.9 Å². The molecule has 1 atom stereocenters. The first-order valence-corrected chi connectivity index (χ1v) is 14.8. The molecule has 10 heteroatoms. The lowest BCUT2D eigenvalue weighted by Crippen LogP contribution is -2.31. The van der Waals surface area contributed by atoms with E-state index in [0.717, 1.165) is 42.2 Å². The highest BCUT2D eigenvalue weighted by Gasteiger charge is 2.50. The lowest BCUT2D eigenvalue weighted by atomic mass is 9.80. The fraction of sp³-hybridized carbons (Fsp3) is 0.567. The van der Waals surface area contributed by atoms with Gasteiger partial charge in [0.2, 0.25) is 11.6 Å². The lowest BCUT2D eigenvalue weighted by molar-refractivity contribution is 0.264. The largest absolute Gasteiger partial charge is 0.439 e. The Labute approximate surface area is 232 Å². The van der Waals surface area contributed by atoms with Gasteiger partial charge in [-0.15, -0.1) is 0 Å². The zero-order valence-electron chi connectivity index (χ0n) is 23.1. The van der Waals surface area contributed by atoms with Crippen LogP contribution in [0.1, 0.15) is 83.0 Å². The van der Waals surface area contributed by atoms with Crippen LogP contribution in [0.4, 0.5) is 10.2 Å². The number of hydrogen-bond donors (Lipinski definition) is 2. The van der Waals surface area contributed by atoms with Gasteiger partial charge in [0.1, 0.15) is 17.2 Å². The van der Waals surface area contributed by atoms with Crippen LogP contribution in [0.15, 0.2) is 33.6 Å². The molecule has 0 aliphatic heterocycles. The quantitative estimate of drug-likeness (QED) is 0.287. The van der Waals surface area contributed by atoms with Crippen molar-refractivity contribution >= 4 is 17.0 Å². The number of rotatable bonds is 8. The number of H-pyrrole nitrogens is 1. The van der Waals surface area contributed by atoms with Crippen LogP contribution < -0.4 is 11.1 Å². The van der Waals surface area contributed by atoms with Crippen LogP contribution in [-0.2, 0) is 12.0 Å². The first-order valence-electron chi connectivity index (χ1n) is 14.8. The summed E-state index contributed by atoms with van der Waals surface area (Å²) in [5, 5.41) is 7.55. The van der Waals surface area contributed by atoms with Gasteiger partial charge >= 0.3 is 5.76 Å². The number of nitrogens with zero attached hydrogens (tertiary/aromatic N) is 5. The molecule has 3 heterocycles. The summed E-state index contributed by atoms with van der Waals surface area (Å²) in [6.07, 6.45) is 10.2. The molecule has 1 aromatic carbocycles. The van der Waals surface area contributed by atoms with E-state index in [2.05, 4.69) is 33.9 Å². The predicted molar refractivity (Wildman–Crippen MR) is 149 cm³/mol. The van der Waals surface area contributed by atoms with E-state index in [1.54, 1.807) is 12.1 Å². The molecule has 3 fully saturated rings. The summed E-state index contributed by atoms with van der Waals surface area (Å²) in [7, 11) is 0. The van der Waals surface area contributed by atoms with Gasteiger partial charge in [0, 0.05) is 12.6 Å². The van der Waals surface area contributed by atoms with Crippen molar-refractivity contribution in [1.29, 1.82) is 0 Å². The standard InChI is InChI=1S/C30H36FN7O2/c1-17-9-11-19(12-10-17)16-38-23-24(32-18(2)20-5-3-6-20)33-26(27-36-29(39)40-37-27)34-25(23)35-28(38)30(13-14-30)21-7-4-8-22(31)15-21/h4,7-8,15,17-20H,3,5-6,9-14,16H2,1-2H3,(H,32,33,34)(H,36,37,39)/t17?,18-,19?/m1/s1. The second-order valence-corrected chi connectivity index (χ2v) is 12.4. The van der Waals surface area contributed by atoms with E-state index < -0.39 is 5.76 Å². The average Bonchev–Trinajstić information content (AvgIpc) is 3.46. The van der Waals surface area contributed by atoms with Gasteiger partial charge in [-0.25, -0.2) is 24.1 Å². The highest BCUT2D eigenvalue weighted by Crippen LogP contribution is 2.54. The van der Waals surface area contributed by atoms with Crippen LogP contribution >= 0.6 is 0 Å². The molecule has 40 heavy (non-hydrogen) atoms. The molecule has 3 aliphatic carbocycles. The highest BCUT2D eigenvalue weighted by molar-refractivity contribution is 5.86. The molecule has 3 aliphatic rings.